The first-order valence-electron chi connectivity index (χ1n) is 6.82. The number of nitrogens with one attached hydrogen (secondary N) is 3. The van der Waals surface area contributed by atoms with Gasteiger partial charge < -0.3 is 10.6 Å². The van der Waals surface area contributed by atoms with Gasteiger partial charge >= 0.3 is 0 Å². The molecule has 1 atom stereocenters. The Morgan fingerprint density at radius 2 is 1.96 bits per heavy atom. The van der Waals surface area contributed by atoms with Crippen LogP contribution in [0.4, 0.5) is 11.4 Å². The van der Waals surface area contributed by atoms with E-state index in [0.717, 1.165) is 4.90 Å². The van der Waals surface area contributed by atoms with Crippen molar-refractivity contribution < 1.29 is 13.2 Å². The number of carbonyl (C=O) groups is 1. The highest BCUT2D eigenvalue weighted by Crippen LogP contribution is 2.26. The van der Waals surface area contributed by atoms with Crippen molar-refractivity contribution in [3.05, 3.63) is 48.5 Å². The first-order valence-corrected chi connectivity index (χ1v) is 9.53. The normalized spacial score (nSPS) is 18.6. The lowest BCUT2D eigenvalue weighted by molar-refractivity contribution is -0.117. The number of benzene rings is 2. The number of thioether (sulfide) groups is 1. The summed E-state index contributed by atoms with van der Waals surface area (Å²) in [4.78, 5) is 13.5. The van der Waals surface area contributed by atoms with Crippen LogP contribution in [0.25, 0.3) is 0 Å². The molecule has 3 N–H and O–H groups in total. The fourth-order valence-corrected chi connectivity index (χ4v) is 4.00. The molecule has 8 heteroatoms. The van der Waals surface area contributed by atoms with Gasteiger partial charge in [0.15, 0.2) is 6.17 Å². The zero-order valence-electron chi connectivity index (χ0n) is 12.2. The second-order valence-electron chi connectivity index (χ2n) is 4.92. The second-order valence-corrected chi connectivity index (χ2v) is 7.48. The van der Waals surface area contributed by atoms with Gasteiger partial charge in [-0.05, 0) is 36.6 Å². The lowest BCUT2D eigenvalue weighted by Crippen LogP contribution is -2.51. The van der Waals surface area contributed by atoms with E-state index in [1.165, 1.54) is 6.07 Å². The van der Waals surface area contributed by atoms with Crippen LogP contribution in [-0.2, 0) is 14.8 Å². The molecule has 1 aliphatic rings. The zero-order chi connectivity index (χ0) is 16.4. The van der Waals surface area contributed by atoms with Gasteiger partial charge in [-0.3, -0.25) is 4.79 Å². The van der Waals surface area contributed by atoms with Crippen LogP contribution in [0.1, 0.15) is 0 Å². The summed E-state index contributed by atoms with van der Waals surface area (Å²) in [5, 5.41) is 5.61. The molecule has 2 aromatic carbocycles. The minimum absolute atomic E-state index is 0.133. The Balaban J connectivity index is 1.81. The Kier molecular flexibility index (Phi) is 4.29. The van der Waals surface area contributed by atoms with Gasteiger partial charge in [-0.1, -0.05) is 18.2 Å². The van der Waals surface area contributed by atoms with E-state index >= 15 is 0 Å². The number of fused-ring (bicyclic) bond motifs is 1. The summed E-state index contributed by atoms with van der Waals surface area (Å²) < 4.78 is 26.8. The number of amides is 1. The van der Waals surface area contributed by atoms with Crippen LogP contribution in [0, 0.1) is 0 Å². The molecule has 120 valence electrons. The fourth-order valence-electron chi connectivity index (χ4n) is 2.26. The van der Waals surface area contributed by atoms with Crippen molar-refractivity contribution in [2.24, 2.45) is 0 Å². The van der Waals surface area contributed by atoms with Crippen molar-refractivity contribution in [2.45, 2.75) is 16.0 Å². The van der Waals surface area contributed by atoms with Gasteiger partial charge in [0.05, 0.1) is 5.69 Å². The number of sulfonamides is 1. The summed E-state index contributed by atoms with van der Waals surface area (Å²) in [6, 6.07) is 13.8. The van der Waals surface area contributed by atoms with E-state index in [4.69, 9.17) is 0 Å². The summed E-state index contributed by atoms with van der Waals surface area (Å²) >= 11 is 1.56. The van der Waals surface area contributed by atoms with Crippen molar-refractivity contribution in [3.63, 3.8) is 0 Å². The molecule has 1 unspecified atom stereocenters. The van der Waals surface area contributed by atoms with Gasteiger partial charge in [0, 0.05) is 10.6 Å². The molecule has 1 heterocycles. The molecular formula is C15H15N3O3S2. The van der Waals surface area contributed by atoms with E-state index in [9.17, 15) is 13.2 Å². The predicted molar refractivity (Wildman–Crippen MR) is 91.0 cm³/mol. The second kappa shape index (κ2) is 6.23. The Morgan fingerprint density at radius 1 is 1.17 bits per heavy atom. The van der Waals surface area contributed by atoms with Crippen molar-refractivity contribution >= 4 is 39.1 Å². The number of hydrogen-bond acceptors (Lipinski definition) is 5. The van der Waals surface area contributed by atoms with Crippen LogP contribution in [0.3, 0.4) is 0 Å². The molecule has 0 saturated carbocycles. The lowest BCUT2D eigenvalue weighted by atomic mass is 10.3. The Labute approximate surface area is 138 Å². The molecule has 1 aliphatic heterocycles. The number of carbonyl (C=O) groups excluding carboxylic acids is 1. The first kappa shape index (κ1) is 15.9. The first-order chi connectivity index (χ1) is 11.0. The molecule has 0 aliphatic carbocycles. The molecule has 0 spiro atoms. The highest BCUT2D eigenvalue weighted by molar-refractivity contribution is 7.98. The molecular weight excluding hydrogens is 334 g/mol. The van der Waals surface area contributed by atoms with Gasteiger partial charge in [-0.25, -0.2) is 8.42 Å². The molecule has 0 aromatic heterocycles. The standard InChI is InChI=1S/C15H15N3O3S2/c1-22-11-6-4-5-10(9-11)16-15(19)14-17-12-7-2-3-8-13(12)23(20,21)18-14/h2-9,14,17-18H,1H3,(H,16,19). The van der Waals surface area contributed by atoms with Gasteiger partial charge in [-0.2, -0.15) is 4.72 Å². The predicted octanol–water partition coefficient (Wildman–Crippen LogP) is 2.08. The zero-order valence-corrected chi connectivity index (χ0v) is 13.9. The molecule has 2 aromatic rings. The Morgan fingerprint density at radius 3 is 2.74 bits per heavy atom. The number of anilines is 2. The molecule has 0 bridgehead atoms. The van der Waals surface area contributed by atoms with E-state index in [1.807, 2.05) is 24.5 Å². The van der Waals surface area contributed by atoms with E-state index in [0.29, 0.717) is 11.4 Å². The Hall–Kier alpha value is -2.03. The molecule has 23 heavy (non-hydrogen) atoms. The monoisotopic (exact) mass is 349 g/mol. The Bertz CT molecular complexity index is 853. The van der Waals surface area contributed by atoms with Gasteiger partial charge in [0.25, 0.3) is 5.91 Å². The minimum Gasteiger partial charge on any atom is -0.360 e. The van der Waals surface area contributed by atoms with Crippen LogP contribution < -0.4 is 15.4 Å². The van der Waals surface area contributed by atoms with Crippen LogP contribution in [-0.4, -0.2) is 26.7 Å². The largest absolute Gasteiger partial charge is 0.360 e. The highest BCUT2D eigenvalue weighted by atomic mass is 32.2. The van der Waals surface area contributed by atoms with Gasteiger partial charge in [0.2, 0.25) is 10.0 Å². The van der Waals surface area contributed by atoms with Crippen molar-refractivity contribution in [2.75, 3.05) is 16.9 Å². The van der Waals surface area contributed by atoms with Crippen LogP contribution in [0.15, 0.2) is 58.3 Å². The fraction of sp³-hybridized carbons (Fsp3) is 0.133. The van der Waals surface area contributed by atoms with Crippen molar-refractivity contribution in [3.8, 4) is 0 Å². The summed E-state index contributed by atoms with van der Waals surface area (Å²) in [6.07, 6.45) is 0.877. The van der Waals surface area contributed by atoms with Gasteiger partial charge in [0.1, 0.15) is 4.90 Å². The molecule has 6 nitrogen and oxygen atoms in total. The van der Waals surface area contributed by atoms with E-state index in [-0.39, 0.29) is 4.90 Å². The van der Waals surface area contributed by atoms with Crippen LogP contribution in [0.2, 0.25) is 0 Å². The molecule has 0 saturated heterocycles. The third kappa shape index (κ3) is 3.34. The third-order valence-electron chi connectivity index (χ3n) is 3.35. The van der Waals surface area contributed by atoms with E-state index in [2.05, 4.69) is 15.4 Å². The number of para-hydroxylation sites is 1. The van der Waals surface area contributed by atoms with Crippen molar-refractivity contribution in [1.82, 2.24) is 4.72 Å². The third-order valence-corrected chi connectivity index (χ3v) is 5.56. The van der Waals surface area contributed by atoms with Crippen molar-refractivity contribution in [1.29, 1.82) is 0 Å². The molecule has 0 radical (unpaired) electrons. The quantitative estimate of drug-likeness (QED) is 0.739. The summed E-state index contributed by atoms with van der Waals surface area (Å²) in [6.45, 7) is 0. The maximum absolute atomic E-state index is 12.4. The molecule has 0 fully saturated rings. The molecule has 1 amide bonds. The maximum Gasteiger partial charge on any atom is 0.262 e. The average Bonchev–Trinajstić information content (AvgIpc) is 2.54. The van der Waals surface area contributed by atoms with Gasteiger partial charge in [-0.15, -0.1) is 11.8 Å². The number of rotatable bonds is 3. The topological polar surface area (TPSA) is 87.3 Å². The minimum atomic E-state index is -3.72. The summed E-state index contributed by atoms with van der Waals surface area (Å²) in [5.41, 5.74) is 1.02. The SMILES string of the molecule is CSc1cccc(NC(=O)C2Nc3ccccc3S(=O)(=O)N2)c1. The van der Waals surface area contributed by atoms with Crippen LogP contribution in [0.5, 0.6) is 0 Å². The summed E-state index contributed by atoms with van der Waals surface area (Å²) in [5.74, 6) is -0.471. The number of hydrogen-bond donors (Lipinski definition) is 3. The average molecular weight is 349 g/mol. The van der Waals surface area contributed by atoms with Crippen LogP contribution >= 0.6 is 11.8 Å². The molecule has 3 rings (SSSR count). The summed E-state index contributed by atoms with van der Waals surface area (Å²) in [7, 11) is -3.72. The maximum atomic E-state index is 12.4. The lowest BCUT2D eigenvalue weighted by Gasteiger charge is -2.27. The van der Waals surface area contributed by atoms with E-state index < -0.39 is 22.1 Å². The highest BCUT2D eigenvalue weighted by Gasteiger charge is 2.32. The smallest absolute Gasteiger partial charge is 0.262 e. The van der Waals surface area contributed by atoms with E-state index in [1.54, 1.807) is 36.0 Å².